The zero-order valence-electron chi connectivity index (χ0n) is 13.4. The molecule has 0 amide bonds. The molecule has 1 aromatic carbocycles. The predicted molar refractivity (Wildman–Crippen MR) is 90.0 cm³/mol. The summed E-state index contributed by atoms with van der Waals surface area (Å²) >= 11 is 1.50. The smallest absolute Gasteiger partial charge is 0.214 e. The minimum absolute atomic E-state index is 0.401. The van der Waals surface area contributed by atoms with Crippen LogP contribution in [0.5, 0.6) is 0 Å². The molecule has 1 aliphatic carbocycles. The topological polar surface area (TPSA) is 42.7 Å². The van der Waals surface area contributed by atoms with E-state index in [4.69, 9.17) is 0 Å². The standard InChI is InChI=1S/C17H18F2N4S/c1-10-15(12-7-8-13(18)14(19)9-12)22-23-16(20-21-17(23)24-10)11-5-3-2-4-6-11/h7-9,11,22H,2-6H2,1H3. The molecule has 1 aliphatic heterocycles. The van der Waals surface area contributed by atoms with Crippen LogP contribution < -0.4 is 5.43 Å². The van der Waals surface area contributed by atoms with Crippen LogP contribution in [0.1, 0.15) is 56.3 Å². The molecule has 1 saturated carbocycles. The third-order valence-corrected chi connectivity index (χ3v) is 5.61. The zero-order valence-corrected chi connectivity index (χ0v) is 14.2. The molecule has 0 saturated heterocycles. The van der Waals surface area contributed by atoms with Gasteiger partial charge in [0.15, 0.2) is 17.5 Å². The number of nitrogens with zero attached hydrogens (tertiary/aromatic N) is 3. The van der Waals surface area contributed by atoms with Crippen LogP contribution in [0.2, 0.25) is 0 Å². The number of allylic oxidation sites excluding steroid dienone is 1. The monoisotopic (exact) mass is 348 g/mol. The van der Waals surface area contributed by atoms with Crippen LogP contribution >= 0.6 is 11.8 Å². The first-order valence-corrected chi connectivity index (χ1v) is 9.01. The van der Waals surface area contributed by atoms with Gasteiger partial charge in [-0.15, -0.1) is 10.2 Å². The summed E-state index contributed by atoms with van der Waals surface area (Å²) < 4.78 is 28.7. The van der Waals surface area contributed by atoms with E-state index in [9.17, 15) is 8.78 Å². The Morgan fingerprint density at radius 1 is 1.12 bits per heavy atom. The maximum Gasteiger partial charge on any atom is 0.214 e. The summed E-state index contributed by atoms with van der Waals surface area (Å²) in [5, 5.41) is 9.46. The third kappa shape index (κ3) is 2.70. The van der Waals surface area contributed by atoms with Crippen molar-refractivity contribution in [2.75, 3.05) is 5.43 Å². The number of fused-ring (bicyclic) bond motifs is 1. The van der Waals surface area contributed by atoms with Gasteiger partial charge in [-0.3, -0.25) is 5.43 Å². The lowest BCUT2D eigenvalue weighted by Crippen LogP contribution is -2.23. The number of benzene rings is 1. The molecule has 0 radical (unpaired) electrons. The summed E-state index contributed by atoms with van der Waals surface area (Å²) in [5.74, 6) is -0.350. The number of halogens is 2. The molecule has 0 atom stereocenters. The minimum atomic E-state index is -0.846. The van der Waals surface area contributed by atoms with E-state index in [2.05, 4.69) is 15.6 Å². The molecule has 1 aromatic heterocycles. The average Bonchev–Trinajstić information content (AvgIpc) is 3.00. The highest BCUT2D eigenvalue weighted by molar-refractivity contribution is 8.03. The highest BCUT2D eigenvalue weighted by Crippen LogP contribution is 2.39. The summed E-state index contributed by atoms with van der Waals surface area (Å²) in [4.78, 5) is 0.955. The second-order valence-electron chi connectivity index (χ2n) is 6.29. The number of rotatable bonds is 2. The van der Waals surface area contributed by atoms with Crippen molar-refractivity contribution in [3.63, 3.8) is 0 Å². The van der Waals surface area contributed by atoms with E-state index in [0.717, 1.165) is 40.5 Å². The van der Waals surface area contributed by atoms with Crippen LogP contribution in [0.4, 0.5) is 8.78 Å². The fourth-order valence-electron chi connectivity index (χ4n) is 3.38. The van der Waals surface area contributed by atoms with Crippen molar-refractivity contribution in [2.45, 2.75) is 50.1 Å². The molecule has 2 aliphatic rings. The largest absolute Gasteiger partial charge is 0.289 e. The van der Waals surface area contributed by atoms with Gasteiger partial charge in [-0.05, 0) is 38.0 Å². The number of thioether (sulfide) groups is 1. The second-order valence-corrected chi connectivity index (χ2v) is 7.47. The van der Waals surface area contributed by atoms with Crippen LogP contribution in [0, 0.1) is 11.6 Å². The van der Waals surface area contributed by atoms with Crippen molar-refractivity contribution in [1.29, 1.82) is 0 Å². The first kappa shape index (κ1) is 15.6. The van der Waals surface area contributed by atoms with Gasteiger partial charge in [0, 0.05) is 16.4 Å². The number of aromatic nitrogens is 3. The third-order valence-electron chi connectivity index (χ3n) is 4.66. The SMILES string of the molecule is CC1=C(c2ccc(F)c(F)c2)Nn2c(nnc2C2CCCCC2)S1. The van der Waals surface area contributed by atoms with Crippen molar-refractivity contribution >= 4 is 17.5 Å². The van der Waals surface area contributed by atoms with Crippen LogP contribution in [0.15, 0.2) is 28.3 Å². The molecular formula is C17H18F2N4S. The van der Waals surface area contributed by atoms with Crippen molar-refractivity contribution in [1.82, 2.24) is 14.9 Å². The van der Waals surface area contributed by atoms with Crippen LogP contribution in [0.3, 0.4) is 0 Å². The fourth-order valence-corrected chi connectivity index (χ4v) is 4.23. The van der Waals surface area contributed by atoms with E-state index in [0.29, 0.717) is 11.5 Å². The highest BCUT2D eigenvalue weighted by atomic mass is 32.2. The molecular weight excluding hydrogens is 330 g/mol. The van der Waals surface area contributed by atoms with Crippen LogP contribution in [-0.2, 0) is 0 Å². The summed E-state index contributed by atoms with van der Waals surface area (Å²) in [6.07, 6.45) is 5.94. The Balaban J connectivity index is 1.68. The molecule has 4 rings (SSSR count). The quantitative estimate of drug-likeness (QED) is 0.858. The fraction of sp³-hybridized carbons (Fsp3) is 0.412. The first-order valence-electron chi connectivity index (χ1n) is 8.20. The Morgan fingerprint density at radius 2 is 1.92 bits per heavy atom. The van der Waals surface area contributed by atoms with E-state index in [1.54, 1.807) is 6.07 Å². The lowest BCUT2D eigenvalue weighted by atomic mass is 9.89. The zero-order chi connectivity index (χ0) is 16.7. The van der Waals surface area contributed by atoms with Crippen molar-refractivity contribution in [3.05, 3.63) is 46.1 Å². The predicted octanol–water partition coefficient (Wildman–Crippen LogP) is 4.64. The molecule has 1 fully saturated rings. The van der Waals surface area contributed by atoms with Crippen molar-refractivity contribution in [3.8, 4) is 0 Å². The van der Waals surface area contributed by atoms with Gasteiger partial charge in [0.05, 0.1) is 5.70 Å². The van der Waals surface area contributed by atoms with Crippen molar-refractivity contribution < 1.29 is 8.78 Å². The van der Waals surface area contributed by atoms with Crippen LogP contribution in [0.25, 0.3) is 5.70 Å². The molecule has 0 spiro atoms. The molecule has 1 N–H and O–H groups in total. The number of nitrogens with one attached hydrogen (secondary N) is 1. The Morgan fingerprint density at radius 3 is 2.67 bits per heavy atom. The van der Waals surface area contributed by atoms with E-state index in [-0.39, 0.29) is 0 Å². The van der Waals surface area contributed by atoms with Gasteiger partial charge in [-0.2, -0.15) is 0 Å². The first-order chi connectivity index (χ1) is 11.6. The van der Waals surface area contributed by atoms with Gasteiger partial charge in [0.1, 0.15) is 0 Å². The van der Waals surface area contributed by atoms with E-state index >= 15 is 0 Å². The summed E-state index contributed by atoms with van der Waals surface area (Å²) in [7, 11) is 0. The Bertz CT molecular complexity index is 809. The summed E-state index contributed by atoms with van der Waals surface area (Å²) in [6.45, 7) is 1.94. The second kappa shape index (κ2) is 6.20. The molecule has 0 bridgehead atoms. The van der Waals surface area contributed by atoms with E-state index < -0.39 is 11.6 Å². The minimum Gasteiger partial charge on any atom is -0.289 e. The Kier molecular flexibility index (Phi) is 4.04. The van der Waals surface area contributed by atoms with Crippen molar-refractivity contribution in [2.24, 2.45) is 0 Å². The normalized spacial score (nSPS) is 18.5. The van der Waals surface area contributed by atoms with Gasteiger partial charge in [0.25, 0.3) is 0 Å². The van der Waals surface area contributed by atoms with Gasteiger partial charge in [0.2, 0.25) is 5.16 Å². The van der Waals surface area contributed by atoms with Gasteiger partial charge >= 0.3 is 0 Å². The maximum absolute atomic E-state index is 13.6. The number of hydrogen-bond donors (Lipinski definition) is 1. The van der Waals surface area contributed by atoms with E-state index in [1.807, 2.05) is 11.6 Å². The molecule has 2 aromatic rings. The van der Waals surface area contributed by atoms with Gasteiger partial charge in [-0.25, -0.2) is 13.5 Å². The molecule has 2 heterocycles. The Labute approximate surface area is 143 Å². The number of hydrogen-bond acceptors (Lipinski definition) is 4. The molecule has 126 valence electrons. The molecule has 7 heteroatoms. The van der Waals surface area contributed by atoms with Gasteiger partial charge < -0.3 is 0 Å². The lowest BCUT2D eigenvalue weighted by Gasteiger charge is -2.26. The highest BCUT2D eigenvalue weighted by Gasteiger charge is 2.27. The van der Waals surface area contributed by atoms with E-state index in [1.165, 1.54) is 37.1 Å². The van der Waals surface area contributed by atoms with Crippen LogP contribution in [-0.4, -0.2) is 14.9 Å². The molecule has 0 unspecified atom stereocenters. The molecule has 4 nitrogen and oxygen atoms in total. The summed E-state index contributed by atoms with van der Waals surface area (Å²) in [5.41, 5.74) is 4.70. The van der Waals surface area contributed by atoms with Gasteiger partial charge in [-0.1, -0.05) is 31.0 Å². The lowest BCUT2D eigenvalue weighted by molar-refractivity contribution is 0.420. The molecule has 24 heavy (non-hydrogen) atoms. The Hall–Kier alpha value is -1.89. The average molecular weight is 348 g/mol. The summed E-state index contributed by atoms with van der Waals surface area (Å²) in [6, 6.07) is 3.96. The maximum atomic E-state index is 13.6.